The quantitative estimate of drug-likeness (QED) is 0.672. The second-order valence-corrected chi connectivity index (χ2v) is 7.08. The molecule has 128 valence electrons. The third-order valence-electron chi connectivity index (χ3n) is 4.53. The number of Topliss-reactive ketones (excluding diaryl/α,β-unsaturated/α-hetero) is 2. The maximum atomic E-state index is 12.5. The Labute approximate surface area is 148 Å². The zero-order valence-electron chi connectivity index (χ0n) is 14.7. The molecule has 0 spiro atoms. The number of ketones is 2. The van der Waals surface area contributed by atoms with E-state index in [1.165, 1.54) is 0 Å². The molecule has 0 saturated heterocycles. The Morgan fingerprint density at radius 2 is 1.68 bits per heavy atom. The molecule has 3 rings (SSSR count). The molecule has 2 aromatic carbocycles. The van der Waals surface area contributed by atoms with E-state index < -0.39 is 12.7 Å². The van der Waals surface area contributed by atoms with Crippen LogP contribution in [-0.2, 0) is 27.9 Å². The lowest BCUT2D eigenvalue weighted by molar-refractivity contribution is -0.116. The standard InChI is InChI=1S/C20H21BO4/c1-13(22)10-14-4-7-16(8-5-14)19(23)12-15-6-9-17-18(11-15)21(24)25-20(17,2)3/h4-9,11,24H,10,12H2,1-3H3. The van der Waals surface area contributed by atoms with Crippen molar-refractivity contribution in [1.82, 2.24) is 0 Å². The van der Waals surface area contributed by atoms with Crippen molar-refractivity contribution in [3.63, 3.8) is 0 Å². The fourth-order valence-electron chi connectivity index (χ4n) is 3.26. The van der Waals surface area contributed by atoms with Gasteiger partial charge in [0.2, 0.25) is 0 Å². The van der Waals surface area contributed by atoms with E-state index in [-0.39, 0.29) is 18.0 Å². The summed E-state index contributed by atoms with van der Waals surface area (Å²) in [5, 5.41) is 10.1. The van der Waals surface area contributed by atoms with Crippen molar-refractivity contribution >= 4 is 24.1 Å². The fourth-order valence-corrected chi connectivity index (χ4v) is 3.26. The van der Waals surface area contributed by atoms with Crippen LogP contribution in [0.2, 0.25) is 0 Å². The second-order valence-electron chi connectivity index (χ2n) is 7.08. The van der Waals surface area contributed by atoms with E-state index in [4.69, 9.17) is 4.65 Å². The highest BCUT2D eigenvalue weighted by Crippen LogP contribution is 2.30. The van der Waals surface area contributed by atoms with Gasteiger partial charge in [-0.15, -0.1) is 0 Å². The van der Waals surface area contributed by atoms with E-state index in [0.717, 1.165) is 22.2 Å². The summed E-state index contributed by atoms with van der Waals surface area (Å²) in [5.74, 6) is 0.0999. The van der Waals surface area contributed by atoms with E-state index >= 15 is 0 Å². The molecular weight excluding hydrogens is 315 g/mol. The molecule has 1 aliphatic heterocycles. The average molecular weight is 336 g/mol. The second kappa shape index (κ2) is 6.58. The van der Waals surface area contributed by atoms with Crippen LogP contribution in [0.5, 0.6) is 0 Å². The van der Waals surface area contributed by atoms with E-state index in [1.54, 1.807) is 19.1 Å². The van der Waals surface area contributed by atoms with Crippen LogP contribution < -0.4 is 5.46 Å². The number of benzene rings is 2. The normalized spacial score (nSPS) is 15.1. The van der Waals surface area contributed by atoms with Gasteiger partial charge in [0.25, 0.3) is 0 Å². The number of hydrogen-bond acceptors (Lipinski definition) is 4. The molecule has 0 saturated carbocycles. The van der Waals surface area contributed by atoms with Crippen molar-refractivity contribution in [3.05, 3.63) is 64.7 Å². The lowest BCUT2D eigenvalue weighted by Gasteiger charge is -2.19. The van der Waals surface area contributed by atoms with Gasteiger partial charge in [-0.2, -0.15) is 0 Å². The Balaban J connectivity index is 1.76. The van der Waals surface area contributed by atoms with Gasteiger partial charge in [-0.25, -0.2) is 0 Å². The highest BCUT2D eigenvalue weighted by Gasteiger charge is 2.40. The van der Waals surface area contributed by atoms with Crippen LogP contribution in [-0.4, -0.2) is 23.7 Å². The van der Waals surface area contributed by atoms with E-state index in [0.29, 0.717) is 12.0 Å². The van der Waals surface area contributed by atoms with Crippen molar-refractivity contribution in [2.45, 2.75) is 39.2 Å². The zero-order chi connectivity index (χ0) is 18.2. The number of carbonyl (C=O) groups excluding carboxylic acids is 2. The maximum absolute atomic E-state index is 12.5. The first-order valence-electron chi connectivity index (χ1n) is 8.37. The minimum absolute atomic E-state index is 0.00184. The van der Waals surface area contributed by atoms with E-state index in [2.05, 4.69) is 0 Å². The van der Waals surface area contributed by atoms with Gasteiger partial charge in [-0.05, 0) is 42.9 Å². The summed E-state index contributed by atoms with van der Waals surface area (Å²) < 4.78 is 5.55. The molecule has 0 fully saturated rings. The molecular formula is C20H21BO4. The molecule has 0 atom stereocenters. The van der Waals surface area contributed by atoms with Gasteiger partial charge in [-0.3, -0.25) is 9.59 Å². The molecule has 1 aliphatic rings. The van der Waals surface area contributed by atoms with Gasteiger partial charge in [0, 0.05) is 18.4 Å². The van der Waals surface area contributed by atoms with E-state index in [9.17, 15) is 14.6 Å². The Morgan fingerprint density at radius 1 is 1.04 bits per heavy atom. The Morgan fingerprint density at radius 3 is 2.32 bits per heavy atom. The summed E-state index contributed by atoms with van der Waals surface area (Å²) in [6.45, 7) is 5.37. The summed E-state index contributed by atoms with van der Waals surface area (Å²) in [6, 6.07) is 12.8. The van der Waals surface area contributed by atoms with Crippen LogP contribution in [0, 0.1) is 0 Å². The summed E-state index contributed by atoms with van der Waals surface area (Å²) in [7, 11) is -0.953. The molecule has 0 radical (unpaired) electrons. The first kappa shape index (κ1) is 17.6. The van der Waals surface area contributed by atoms with Crippen molar-refractivity contribution in [2.24, 2.45) is 0 Å². The third kappa shape index (κ3) is 3.73. The lowest BCUT2D eigenvalue weighted by atomic mass is 9.77. The van der Waals surface area contributed by atoms with Gasteiger partial charge >= 0.3 is 7.12 Å². The lowest BCUT2D eigenvalue weighted by Crippen LogP contribution is -2.29. The van der Waals surface area contributed by atoms with Gasteiger partial charge in [0.15, 0.2) is 5.78 Å². The van der Waals surface area contributed by atoms with Crippen LogP contribution in [0.1, 0.15) is 47.8 Å². The SMILES string of the molecule is CC(=O)Cc1ccc(C(=O)Cc2ccc3c(c2)B(O)OC3(C)C)cc1. The number of rotatable bonds is 5. The molecule has 5 heteroatoms. The Bertz CT molecular complexity index is 824. The topological polar surface area (TPSA) is 63.6 Å². The third-order valence-corrected chi connectivity index (χ3v) is 4.53. The minimum atomic E-state index is -0.953. The summed E-state index contributed by atoms with van der Waals surface area (Å²) in [5.41, 5.74) is 3.52. The van der Waals surface area contributed by atoms with Crippen molar-refractivity contribution < 1.29 is 19.3 Å². The van der Waals surface area contributed by atoms with Crippen LogP contribution in [0.25, 0.3) is 0 Å². The molecule has 0 unspecified atom stereocenters. The predicted molar refractivity (Wildman–Crippen MR) is 97.0 cm³/mol. The minimum Gasteiger partial charge on any atom is -0.423 e. The number of hydrogen-bond donors (Lipinski definition) is 1. The van der Waals surface area contributed by atoms with Crippen molar-refractivity contribution in [3.8, 4) is 0 Å². The molecule has 25 heavy (non-hydrogen) atoms. The molecule has 0 aliphatic carbocycles. The fraction of sp³-hybridized carbons (Fsp3) is 0.300. The van der Waals surface area contributed by atoms with Crippen LogP contribution in [0.15, 0.2) is 42.5 Å². The van der Waals surface area contributed by atoms with Gasteiger partial charge in [0.05, 0.1) is 5.60 Å². The molecule has 0 bridgehead atoms. The first-order chi connectivity index (χ1) is 11.8. The van der Waals surface area contributed by atoms with Crippen LogP contribution in [0.4, 0.5) is 0 Å². The molecule has 2 aromatic rings. The first-order valence-corrected chi connectivity index (χ1v) is 8.37. The Kier molecular flexibility index (Phi) is 4.63. The van der Waals surface area contributed by atoms with Gasteiger partial charge < -0.3 is 9.68 Å². The van der Waals surface area contributed by atoms with Crippen LogP contribution >= 0.6 is 0 Å². The molecule has 1 N–H and O–H groups in total. The molecule has 1 heterocycles. The number of carbonyl (C=O) groups is 2. The van der Waals surface area contributed by atoms with Gasteiger partial charge in [-0.1, -0.05) is 42.5 Å². The van der Waals surface area contributed by atoms with Crippen molar-refractivity contribution in [2.75, 3.05) is 0 Å². The summed E-state index contributed by atoms with van der Waals surface area (Å²) >= 11 is 0. The summed E-state index contributed by atoms with van der Waals surface area (Å²) in [6.07, 6.45) is 0.638. The predicted octanol–water partition coefficient (Wildman–Crippen LogP) is 2.20. The monoisotopic (exact) mass is 336 g/mol. The maximum Gasteiger partial charge on any atom is 0.492 e. The highest BCUT2D eigenvalue weighted by molar-refractivity contribution is 6.62. The largest absolute Gasteiger partial charge is 0.492 e. The smallest absolute Gasteiger partial charge is 0.423 e. The Hall–Kier alpha value is -2.24. The highest BCUT2D eigenvalue weighted by atomic mass is 16.5. The van der Waals surface area contributed by atoms with E-state index in [1.807, 2.05) is 44.2 Å². The number of fused-ring (bicyclic) bond motifs is 1. The van der Waals surface area contributed by atoms with Crippen molar-refractivity contribution in [1.29, 1.82) is 0 Å². The summed E-state index contributed by atoms with van der Waals surface area (Å²) in [4.78, 5) is 23.6. The molecule has 0 aromatic heterocycles. The zero-order valence-corrected chi connectivity index (χ0v) is 14.7. The van der Waals surface area contributed by atoms with Gasteiger partial charge in [0.1, 0.15) is 5.78 Å². The molecule has 0 amide bonds. The molecule has 4 nitrogen and oxygen atoms in total. The average Bonchev–Trinajstić information content (AvgIpc) is 2.76. The van der Waals surface area contributed by atoms with Crippen LogP contribution in [0.3, 0.4) is 0 Å².